The van der Waals surface area contributed by atoms with Crippen LogP contribution in [0.25, 0.3) is 21.7 Å². The quantitative estimate of drug-likeness (QED) is 0.473. The molecule has 0 unspecified atom stereocenters. The summed E-state index contributed by atoms with van der Waals surface area (Å²) in [5.41, 5.74) is 3.14. The topological polar surface area (TPSA) is 43.8 Å². The Balaban J connectivity index is 1.80. The van der Waals surface area contributed by atoms with Crippen LogP contribution >= 0.6 is 0 Å². The SMILES string of the molecule is CN(C)Cc1c(N=Nc2cccc3ccccc23)[nH]c2ccccc12. The Morgan fingerprint density at radius 3 is 2.36 bits per heavy atom. The van der Waals surface area contributed by atoms with Crippen molar-refractivity contribution in [2.24, 2.45) is 10.2 Å². The van der Waals surface area contributed by atoms with E-state index in [1.807, 2.05) is 30.3 Å². The van der Waals surface area contributed by atoms with Crippen LogP contribution in [0.5, 0.6) is 0 Å². The molecule has 0 aliphatic rings. The lowest BCUT2D eigenvalue weighted by atomic mass is 10.1. The Morgan fingerprint density at radius 1 is 0.800 bits per heavy atom. The smallest absolute Gasteiger partial charge is 0.158 e. The predicted molar refractivity (Wildman–Crippen MR) is 104 cm³/mol. The zero-order valence-electron chi connectivity index (χ0n) is 14.4. The Labute approximate surface area is 146 Å². The standard InChI is InChI=1S/C21H20N4/c1-25(2)14-18-17-11-5-6-12-19(17)22-21(18)24-23-20-13-7-9-15-8-3-4-10-16(15)20/h3-13,22H,14H2,1-2H3. The second-order valence-electron chi connectivity index (χ2n) is 6.43. The van der Waals surface area contributed by atoms with Gasteiger partial charge in [0.25, 0.3) is 0 Å². The highest BCUT2D eigenvalue weighted by atomic mass is 15.2. The van der Waals surface area contributed by atoms with Crippen LogP contribution in [-0.4, -0.2) is 24.0 Å². The van der Waals surface area contributed by atoms with Crippen molar-refractivity contribution in [2.45, 2.75) is 6.54 Å². The number of hydrogen-bond acceptors (Lipinski definition) is 3. The van der Waals surface area contributed by atoms with Gasteiger partial charge in [0.05, 0.1) is 5.69 Å². The molecule has 0 aliphatic heterocycles. The van der Waals surface area contributed by atoms with Gasteiger partial charge in [-0.15, -0.1) is 10.2 Å². The van der Waals surface area contributed by atoms with Crippen molar-refractivity contribution in [1.29, 1.82) is 0 Å². The third-order valence-electron chi connectivity index (χ3n) is 4.29. The monoisotopic (exact) mass is 328 g/mol. The average Bonchev–Trinajstić information content (AvgIpc) is 2.97. The summed E-state index contributed by atoms with van der Waals surface area (Å²) in [5, 5.41) is 12.6. The van der Waals surface area contributed by atoms with Crippen LogP contribution in [0, 0.1) is 0 Å². The maximum Gasteiger partial charge on any atom is 0.158 e. The molecule has 25 heavy (non-hydrogen) atoms. The molecule has 0 aliphatic carbocycles. The number of benzene rings is 3. The van der Waals surface area contributed by atoms with E-state index in [2.05, 4.69) is 70.6 Å². The summed E-state index contributed by atoms with van der Waals surface area (Å²) in [6, 6.07) is 22.6. The van der Waals surface area contributed by atoms with Gasteiger partial charge in [-0.25, -0.2) is 0 Å². The Kier molecular flexibility index (Phi) is 4.04. The zero-order chi connectivity index (χ0) is 17.2. The summed E-state index contributed by atoms with van der Waals surface area (Å²) in [4.78, 5) is 5.55. The van der Waals surface area contributed by atoms with Crippen LogP contribution < -0.4 is 0 Å². The number of nitrogens with one attached hydrogen (secondary N) is 1. The minimum absolute atomic E-state index is 0.813. The number of para-hydroxylation sites is 1. The third-order valence-corrected chi connectivity index (χ3v) is 4.29. The van der Waals surface area contributed by atoms with Crippen LogP contribution in [-0.2, 0) is 6.54 Å². The number of H-pyrrole nitrogens is 1. The van der Waals surface area contributed by atoms with E-state index >= 15 is 0 Å². The predicted octanol–water partition coefficient (Wildman–Crippen LogP) is 5.80. The van der Waals surface area contributed by atoms with Gasteiger partial charge in [0.1, 0.15) is 0 Å². The van der Waals surface area contributed by atoms with Gasteiger partial charge in [-0.1, -0.05) is 54.6 Å². The van der Waals surface area contributed by atoms with Gasteiger partial charge in [0.2, 0.25) is 0 Å². The molecule has 124 valence electrons. The molecule has 0 fully saturated rings. The minimum Gasteiger partial charge on any atom is -0.338 e. The maximum atomic E-state index is 4.56. The molecule has 4 aromatic rings. The fraction of sp³-hybridized carbons (Fsp3) is 0.143. The van der Waals surface area contributed by atoms with E-state index in [4.69, 9.17) is 0 Å². The lowest BCUT2D eigenvalue weighted by Crippen LogP contribution is -2.10. The first-order valence-electron chi connectivity index (χ1n) is 8.36. The zero-order valence-corrected chi connectivity index (χ0v) is 14.4. The molecule has 4 heteroatoms. The van der Waals surface area contributed by atoms with E-state index < -0.39 is 0 Å². The maximum absolute atomic E-state index is 4.56. The van der Waals surface area contributed by atoms with Crippen LogP contribution in [0.1, 0.15) is 5.56 Å². The van der Waals surface area contributed by atoms with E-state index in [0.29, 0.717) is 0 Å². The highest BCUT2D eigenvalue weighted by Crippen LogP contribution is 2.32. The average molecular weight is 328 g/mol. The normalized spacial score (nSPS) is 12.0. The van der Waals surface area contributed by atoms with E-state index in [-0.39, 0.29) is 0 Å². The summed E-state index contributed by atoms with van der Waals surface area (Å²) in [5.74, 6) is 0.822. The summed E-state index contributed by atoms with van der Waals surface area (Å²) in [7, 11) is 4.13. The number of hydrogen-bond donors (Lipinski definition) is 1. The minimum atomic E-state index is 0.813. The van der Waals surface area contributed by atoms with Crippen LogP contribution in [0.15, 0.2) is 77.0 Å². The highest BCUT2D eigenvalue weighted by Gasteiger charge is 2.11. The van der Waals surface area contributed by atoms with Crippen molar-refractivity contribution >= 4 is 33.2 Å². The molecular weight excluding hydrogens is 308 g/mol. The summed E-state index contributed by atoms with van der Waals surface area (Å²) in [6.45, 7) is 0.813. The van der Waals surface area contributed by atoms with Gasteiger partial charge in [-0.3, -0.25) is 0 Å². The number of aromatic nitrogens is 1. The van der Waals surface area contributed by atoms with Crippen LogP contribution in [0.4, 0.5) is 11.5 Å². The summed E-state index contributed by atoms with van der Waals surface area (Å²) < 4.78 is 0. The van der Waals surface area contributed by atoms with Gasteiger partial charge in [0, 0.05) is 28.4 Å². The van der Waals surface area contributed by atoms with Gasteiger partial charge >= 0.3 is 0 Å². The molecule has 0 saturated carbocycles. The molecule has 0 amide bonds. The van der Waals surface area contributed by atoms with Gasteiger partial charge in [0.15, 0.2) is 5.82 Å². The summed E-state index contributed by atoms with van der Waals surface area (Å²) in [6.07, 6.45) is 0. The Hall–Kier alpha value is -2.98. The van der Waals surface area contributed by atoms with Crippen LogP contribution in [0.2, 0.25) is 0 Å². The highest BCUT2D eigenvalue weighted by molar-refractivity contribution is 5.92. The fourth-order valence-corrected chi connectivity index (χ4v) is 3.15. The fourth-order valence-electron chi connectivity index (χ4n) is 3.15. The summed E-state index contributed by atoms with van der Waals surface area (Å²) >= 11 is 0. The molecule has 1 N–H and O–H groups in total. The van der Waals surface area contributed by atoms with E-state index in [1.54, 1.807) is 0 Å². The molecule has 1 heterocycles. The number of azo groups is 1. The van der Waals surface area contributed by atoms with Crippen molar-refractivity contribution in [3.8, 4) is 0 Å². The van der Waals surface area contributed by atoms with Crippen molar-refractivity contribution in [3.05, 3.63) is 72.3 Å². The first-order chi connectivity index (χ1) is 12.2. The molecule has 0 saturated heterocycles. The van der Waals surface area contributed by atoms with Gasteiger partial charge in [-0.05, 0) is 31.6 Å². The molecule has 0 bridgehead atoms. The number of aromatic amines is 1. The molecule has 3 aromatic carbocycles. The van der Waals surface area contributed by atoms with E-state index in [0.717, 1.165) is 29.0 Å². The van der Waals surface area contributed by atoms with Gasteiger partial charge < -0.3 is 9.88 Å². The Morgan fingerprint density at radius 2 is 1.52 bits per heavy atom. The van der Waals surface area contributed by atoms with Crippen molar-refractivity contribution in [3.63, 3.8) is 0 Å². The lowest BCUT2D eigenvalue weighted by Gasteiger charge is -2.09. The number of rotatable bonds is 4. The van der Waals surface area contributed by atoms with E-state index in [1.165, 1.54) is 16.3 Å². The first-order valence-corrected chi connectivity index (χ1v) is 8.36. The van der Waals surface area contributed by atoms with Crippen molar-refractivity contribution in [2.75, 3.05) is 14.1 Å². The first kappa shape index (κ1) is 15.5. The van der Waals surface area contributed by atoms with E-state index in [9.17, 15) is 0 Å². The largest absolute Gasteiger partial charge is 0.338 e. The van der Waals surface area contributed by atoms with Gasteiger partial charge in [-0.2, -0.15) is 0 Å². The second-order valence-corrected chi connectivity index (χ2v) is 6.43. The van der Waals surface area contributed by atoms with Crippen molar-refractivity contribution < 1.29 is 0 Å². The molecule has 4 rings (SSSR count). The molecule has 4 nitrogen and oxygen atoms in total. The Bertz CT molecular complexity index is 1050. The number of fused-ring (bicyclic) bond motifs is 2. The molecule has 1 aromatic heterocycles. The molecular formula is C21H20N4. The lowest BCUT2D eigenvalue weighted by molar-refractivity contribution is 0.404. The molecule has 0 spiro atoms. The molecule has 0 radical (unpaired) electrons. The van der Waals surface area contributed by atoms with Crippen molar-refractivity contribution in [1.82, 2.24) is 9.88 Å². The number of nitrogens with zero attached hydrogens (tertiary/aromatic N) is 3. The third kappa shape index (κ3) is 3.04. The molecule has 0 atom stereocenters. The van der Waals surface area contributed by atoms with Crippen LogP contribution in [0.3, 0.4) is 0 Å². The second kappa shape index (κ2) is 6.49.